The Hall–Kier alpha value is -1.36. The van der Waals surface area contributed by atoms with E-state index >= 15 is 0 Å². The number of likely N-dealkylation sites (tertiary alicyclic amines) is 1. The number of rotatable bonds is 4. The van der Waals surface area contributed by atoms with Crippen LogP contribution in [0.25, 0.3) is 0 Å². The molecule has 18 heavy (non-hydrogen) atoms. The lowest BCUT2D eigenvalue weighted by Crippen LogP contribution is -2.36. The molecule has 1 aromatic rings. The Morgan fingerprint density at radius 3 is 2.89 bits per heavy atom. The molecule has 1 saturated heterocycles. The van der Waals surface area contributed by atoms with Crippen molar-refractivity contribution in [3.8, 4) is 0 Å². The van der Waals surface area contributed by atoms with Gasteiger partial charge in [-0.25, -0.2) is 0 Å². The minimum Gasteiger partial charge on any atom is -0.347 e. The lowest BCUT2D eigenvalue weighted by atomic mass is 10.2. The van der Waals surface area contributed by atoms with E-state index in [1.165, 1.54) is 4.88 Å². The number of nitrogens with one attached hydrogen (secondary N) is 1. The zero-order valence-electron chi connectivity index (χ0n) is 10.7. The predicted octanol–water partition coefficient (Wildman–Crippen LogP) is 1.66. The van der Waals surface area contributed by atoms with Crippen molar-refractivity contribution in [2.45, 2.75) is 32.7 Å². The molecule has 5 heteroatoms. The molecule has 2 amide bonds. The zero-order chi connectivity index (χ0) is 13.1. The van der Waals surface area contributed by atoms with Crippen molar-refractivity contribution in [3.63, 3.8) is 0 Å². The summed E-state index contributed by atoms with van der Waals surface area (Å²) in [7, 11) is 0. The standard InChI is InChI=1S/C13H18N2O2S/c1-3-11-5-9(8-18-11)13(17)14-10-6-12(16)15(4-2)7-10/h5,8,10H,3-4,6-7H2,1-2H3,(H,14,17)/t10-/m0/s1. The van der Waals surface area contributed by atoms with Gasteiger partial charge < -0.3 is 10.2 Å². The predicted molar refractivity (Wildman–Crippen MR) is 71.8 cm³/mol. The molecule has 98 valence electrons. The summed E-state index contributed by atoms with van der Waals surface area (Å²) in [4.78, 5) is 26.5. The van der Waals surface area contributed by atoms with Gasteiger partial charge in [-0.05, 0) is 19.4 Å². The number of aryl methyl sites for hydroxylation is 1. The second-order valence-corrected chi connectivity index (χ2v) is 5.46. The topological polar surface area (TPSA) is 49.4 Å². The molecule has 1 fully saturated rings. The number of carbonyl (C=O) groups excluding carboxylic acids is 2. The van der Waals surface area contributed by atoms with Crippen LogP contribution in [0, 0.1) is 0 Å². The van der Waals surface area contributed by atoms with Crippen molar-refractivity contribution in [3.05, 3.63) is 21.9 Å². The molecular weight excluding hydrogens is 248 g/mol. The van der Waals surface area contributed by atoms with E-state index < -0.39 is 0 Å². The molecule has 0 spiro atoms. The highest BCUT2D eigenvalue weighted by Gasteiger charge is 2.29. The third kappa shape index (κ3) is 2.72. The van der Waals surface area contributed by atoms with Crippen molar-refractivity contribution >= 4 is 23.2 Å². The average molecular weight is 266 g/mol. The van der Waals surface area contributed by atoms with E-state index in [-0.39, 0.29) is 17.9 Å². The molecule has 0 radical (unpaired) electrons. The van der Waals surface area contributed by atoms with Crippen molar-refractivity contribution in [2.24, 2.45) is 0 Å². The molecule has 0 bridgehead atoms. The summed E-state index contributed by atoms with van der Waals surface area (Å²) in [5.74, 6) is 0.0593. The Morgan fingerprint density at radius 2 is 2.33 bits per heavy atom. The largest absolute Gasteiger partial charge is 0.347 e. The smallest absolute Gasteiger partial charge is 0.252 e. The van der Waals surface area contributed by atoms with Crippen LogP contribution in [0.2, 0.25) is 0 Å². The molecule has 0 unspecified atom stereocenters. The van der Waals surface area contributed by atoms with Crippen LogP contribution in [0.4, 0.5) is 0 Å². The van der Waals surface area contributed by atoms with Gasteiger partial charge in [0.2, 0.25) is 5.91 Å². The van der Waals surface area contributed by atoms with Gasteiger partial charge in [0.1, 0.15) is 0 Å². The molecule has 2 rings (SSSR count). The molecule has 1 aliphatic heterocycles. The first-order valence-corrected chi connectivity index (χ1v) is 7.18. The number of amides is 2. The summed E-state index contributed by atoms with van der Waals surface area (Å²) in [6.45, 7) is 5.37. The van der Waals surface area contributed by atoms with Gasteiger partial charge in [-0.2, -0.15) is 0 Å². The molecule has 0 aliphatic carbocycles. The number of hydrogen-bond acceptors (Lipinski definition) is 3. The van der Waals surface area contributed by atoms with Gasteiger partial charge in [0.25, 0.3) is 5.91 Å². The van der Waals surface area contributed by atoms with Gasteiger partial charge in [-0.1, -0.05) is 6.92 Å². The Bertz CT molecular complexity index is 456. The fraction of sp³-hybridized carbons (Fsp3) is 0.538. The van der Waals surface area contributed by atoms with Crippen LogP contribution in [0.15, 0.2) is 11.4 Å². The van der Waals surface area contributed by atoms with Gasteiger partial charge >= 0.3 is 0 Å². The van der Waals surface area contributed by atoms with Gasteiger partial charge in [-0.3, -0.25) is 9.59 Å². The van der Waals surface area contributed by atoms with E-state index in [0.717, 1.165) is 6.42 Å². The van der Waals surface area contributed by atoms with Crippen molar-refractivity contribution in [1.29, 1.82) is 0 Å². The van der Waals surface area contributed by atoms with Crippen molar-refractivity contribution in [2.75, 3.05) is 13.1 Å². The number of hydrogen-bond donors (Lipinski definition) is 1. The summed E-state index contributed by atoms with van der Waals surface area (Å²) in [6, 6.07) is 1.88. The Kier molecular flexibility index (Phi) is 4.01. The Balaban J connectivity index is 1.94. The number of carbonyl (C=O) groups is 2. The maximum absolute atomic E-state index is 12.0. The lowest BCUT2D eigenvalue weighted by molar-refractivity contribution is -0.127. The normalized spacial score (nSPS) is 19.3. The fourth-order valence-corrected chi connectivity index (χ4v) is 2.94. The Morgan fingerprint density at radius 1 is 1.56 bits per heavy atom. The SMILES string of the molecule is CCc1cc(C(=O)N[C@H]2CC(=O)N(CC)C2)cs1. The molecule has 1 aliphatic rings. The quantitative estimate of drug-likeness (QED) is 0.901. The lowest BCUT2D eigenvalue weighted by Gasteiger charge is -2.14. The molecule has 0 saturated carbocycles. The summed E-state index contributed by atoms with van der Waals surface area (Å²) < 4.78 is 0. The van der Waals surface area contributed by atoms with Gasteiger partial charge in [0.05, 0.1) is 11.6 Å². The monoisotopic (exact) mass is 266 g/mol. The van der Waals surface area contributed by atoms with Gasteiger partial charge in [0, 0.05) is 29.8 Å². The van der Waals surface area contributed by atoms with Crippen LogP contribution in [0.1, 0.15) is 35.5 Å². The second kappa shape index (κ2) is 5.52. The highest BCUT2D eigenvalue weighted by molar-refractivity contribution is 7.10. The molecule has 1 N–H and O–H groups in total. The molecule has 2 heterocycles. The molecule has 1 atom stereocenters. The highest BCUT2D eigenvalue weighted by atomic mass is 32.1. The summed E-state index contributed by atoms with van der Waals surface area (Å²) in [5.41, 5.74) is 0.708. The molecule has 0 aromatic carbocycles. The van der Waals surface area contributed by atoms with E-state index in [2.05, 4.69) is 12.2 Å². The average Bonchev–Trinajstić information content (AvgIpc) is 2.95. The van der Waals surface area contributed by atoms with Crippen LogP contribution in [0.3, 0.4) is 0 Å². The maximum Gasteiger partial charge on any atom is 0.252 e. The van der Waals surface area contributed by atoms with E-state index in [1.807, 2.05) is 18.4 Å². The van der Waals surface area contributed by atoms with Crippen LogP contribution in [-0.4, -0.2) is 35.8 Å². The fourth-order valence-electron chi connectivity index (χ4n) is 2.13. The molecule has 4 nitrogen and oxygen atoms in total. The highest BCUT2D eigenvalue weighted by Crippen LogP contribution is 2.16. The third-order valence-corrected chi connectivity index (χ3v) is 4.28. The van der Waals surface area contributed by atoms with Crippen LogP contribution < -0.4 is 5.32 Å². The van der Waals surface area contributed by atoms with E-state index in [9.17, 15) is 9.59 Å². The van der Waals surface area contributed by atoms with E-state index in [4.69, 9.17) is 0 Å². The Labute approximate surface area is 111 Å². The van der Waals surface area contributed by atoms with Crippen molar-refractivity contribution in [1.82, 2.24) is 10.2 Å². The zero-order valence-corrected chi connectivity index (χ0v) is 11.5. The summed E-state index contributed by atoms with van der Waals surface area (Å²) >= 11 is 1.60. The number of thiophene rings is 1. The van der Waals surface area contributed by atoms with E-state index in [1.54, 1.807) is 16.2 Å². The minimum absolute atomic E-state index is 0.0464. The first kappa shape index (κ1) is 13.1. The number of likely N-dealkylation sites (N-methyl/N-ethyl adjacent to an activating group) is 1. The number of nitrogens with zero attached hydrogens (tertiary/aromatic N) is 1. The van der Waals surface area contributed by atoms with Gasteiger partial charge in [0.15, 0.2) is 0 Å². The van der Waals surface area contributed by atoms with E-state index in [0.29, 0.717) is 25.1 Å². The van der Waals surface area contributed by atoms with Crippen LogP contribution >= 0.6 is 11.3 Å². The summed E-state index contributed by atoms with van der Waals surface area (Å²) in [5, 5.41) is 4.81. The maximum atomic E-state index is 12.0. The van der Waals surface area contributed by atoms with Crippen molar-refractivity contribution < 1.29 is 9.59 Å². The van der Waals surface area contributed by atoms with Crippen LogP contribution in [-0.2, 0) is 11.2 Å². The first-order valence-electron chi connectivity index (χ1n) is 6.30. The van der Waals surface area contributed by atoms with Crippen LogP contribution in [0.5, 0.6) is 0 Å². The minimum atomic E-state index is -0.0679. The molecule has 1 aromatic heterocycles. The molecular formula is C13H18N2O2S. The second-order valence-electron chi connectivity index (χ2n) is 4.46. The first-order chi connectivity index (χ1) is 8.63. The third-order valence-electron chi connectivity index (χ3n) is 3.20. The summed E-state index contributed by atoms with van der Waals surface area (Å²) in [6.07, 6.45) is 1.37. The van der Waals surface area contributed by atoms with Gasteiger partial charge in [-0.15, -0.1) is 11.3 Å².